The van der Waals surface area contributed by atoms with Crippen LogP contribution in [0.3, 0.4) is 0 Å². The Balaban J connectivity index is 1.83. The van der Waals surface area contributed by atoms with Crippen molar-refractivity contribution in [2.75, 3.05) is 23.7 Å². The number of anilines is 2. The third-order valence-electron chi connectivity index (χ3n) is 3.52. The Morgan fingerprint density at radius 2 is 1.88 bits per heavy atom. The van der Waals surface area contributed by atoms with Crippen LogP contribution in [-0.4, -0.2) is 23.1 Å². The van der Waals surface area contributed by atoms with Gasteiger partial charge in [0.25, 0.3) is 5.56 Å². The second kappa shape index (κ2) is 4.05. The Bertz CT molecular complexity index is 448. The lowest BCUT2D eigenvalue weighted by Crippen LogP contribution is -2.31. The van der Waals surface area contributed by atoms with Gasteiger partial charge < -0.3 is 15.6 Å². The molecular weight excluding hydrogens is 216 g/mol. The van der Waals surface area contributed by atoms with Gasteiger partial charge in [-0.15, -0.1) is 0 Å². The van der Waals surface area contributed by atoms with E-state index in [-0.39, 0.29) is 11.2 Å². The number of aromatic amines is 1. The van der Waals surface area contributed by atoms with Gasteiger partial charge in [0.2, 0.25) is 0 Å². The summed E-state index contributed by atoms with van der Waals surface area (Å²) in [6.45, 7) is 1.99. The summed E-state index contributed by atoms with van der Waals surface area (Å²) >= 11 is 0. The number of hydrogen-bond donors (Lipinski definition) is 2. The predicted molar refractivity (Wildman–Crippen MR) is 66.9 cm³/mol. The predicted octanol–water partition coefficient (Wildman–Crippen LogP) is 0.978. The summed E-state index contributed by atoms with van der Waals surface area (Å²) < 4.78 is 0. The second-order valence-electron chi connectivity index (χ2n) is 5.26. The lowest BCUT2D eigenvalue weighted by molar-refractivity contribution is 0.671. The highest BCUT2D eigenvalue weighted by atomic mass is 16.1. The summed E-state index contributed by atoms with van der Waals surface area (Å²) in [7, 11) is 0. The van der Waals surface area contributed by atoms with Gasteiger partial charge in [-0.1, -0.05) is 0 Å². The molecule has 0 spiro atoms. The van der Waals surface area contributed by atoms with E-state index in [1.807, 2.05) is 0 Å². The largest absolute Gasteiger partial charge is 0.391 e. The maximum Gasteiger partial charge on any atom is 0.276 e. The summed E-state index contributed by atoms with van der Waals surface area (Å²) in [5.41, 5.74) is 5.86. The van der Waals surface area contributed by atoms with Crippen LogP contribution in [0.5, 0.6) is 0 Å². The van der Waals surface area contributed by atoms with Gasteiger partial charge in [-0.25, -0.2) is 4.98 Å². The number of nitrogen functional groups attached to an aromatic ring is 1. The number of aromatic nitrogens is 2. The van der Waals surface area contributed by atoms with Gasteiger partial charge >= 0.3 is 0 Å². The van der Waals surface area contributed by atoms with Crippen molar-refractivity contribution in [1.29, 1.82) is 0 Å². The highest BCUT2D eigenvalue weighted by Gasteiger charge is 2.30. The SMILES string of the molecule is Nc1c(N(CC2CC2)CC2CC2)nc[nH]c1=O. The molecule has 0 aromatic carbocycles. The van der Waals surface area contributed by atoms with Crippen molar-refractivity contribution in [1.82, 2.24) is 9.97 Å². The zero-order valence-corrected chi connectivity index (χ0v) is 9.85. The van der Waals surface area contributed by atoms with Gasteiger partial charge in [0.1, 0.15) is 5.69 Å². The molecule has 2 aliphatic rings. The first-order chi connectivity index (χ1) is 8.24. The summed E-state index contributed by atoms with van der Waals surface area (Å²) in [4.78, 5) is 20.5. The fourth-order valence-electron chi connectivity index (χ4n) is 2.12. The van der Waals surface area contributed by atoms with Gasteiger partial charge in [-0.2, -0.15) is 0 Å². The normalized spacial score (nSPS) is 19.3. The Morgan fingerprint density at radius 1 is 1.29 bits per heavy atom. The molecule has 92 valence electrons. The highest BCUT2D eigenvalue weighted by molar-refractivity contribution is 5.61. The smallest absolute Gasteiger partial charge is 0.276 e. The van der Waals surface area contributed by atoms with Gasteiger partial charge in [0, 0.05) is 13.1 Å². The van der Waals surface area contributed by atoms with Gasteiger partial charge in [0.05, 0.1) is 6.33 Å². The van der Waals surface area contributed by atoms with Crippen molar-refractivity contribution in [3.05, 3.63) is 16.7 Å². The first-order valence-electron chi connectivity index (χ1n) is 6.32. The van der Waals surface area contributed by atoms with E-state index in [0.29, 0.717) is 5.82 Å². The molecule has 2 fully saturated rings. The molecule has 0 radical (unpaired) electrons. The summed E-state index contributed by atoms with van der Waals surface area (Å²) in [5, 5.41) is 0. The van der Waals surface area contributed by atoms with Crippen LogP contribution in [0.15, 0.2) is 11.1 Å². The fraction of sp³-hybridized carbons (Fsp3) is 0.667. The molecule has 2 saturated carbocycles. The molecule has 1 aromatic rings. The van der Waals surface area contributed by atoms with Gasteiger partial charge in [-0.3, -0.25) is 4.79 Å². The van der Waals surface area contributed by atoms with Crippen LogP contribution in [0.25, 0.3) is 0 Å². The Morgan fingerprint density at radius 3 is 2.41 bits per heavy atom. The number of nitrogens with zero attached hydrogens (tertiary/aromatic N) is 2. The third kappa shape index (κ3) is 2.43. The fourth-order valence-corrected chi connectivity index (χ4v) is 2.12. The van der Waals surface area contributed by atoms with Crippen molar-refractivity contribution >= 4 is 11.5 Å². The number of hydrogen-bond acceptors (Lipinski definition) is 4. The van der Waals surface area contributed by atoms with Gasteiger partial charge in [0.15, 0.2) is 5.82 Å². The summed E-state index contributed by atoms with van der Waals surface area (Å²) in [6.07, 6.45) is 6.63. The molecule has 5 heteroatoms. The van der Waals surface area contributed by atoms with Crippen LogP contribution in [0.1, 0.15) is 25.7 Å². The minimum Gasteiger partial charge on any atom is -0.391 e. The van der Waals surface area contributed by atoms with Crippen LogP contribution in [0.2, 0.25) is 0 Å². The molecule has 3 rings (SSSR count). The van der Waals surface area contributed by atoms with Crippen molar-refractivity contribution in [3.8, 4) is 0 Å². The lowest BCUT2D eigenvalue weighted by Gasteiger charge is -2.24. The molecule has 0 unspecified atom stereocenters. The molecule has 0 atom stereocenters. The number of H-pyrrole nitrogens is 1. The molecule has 0 saturated heterocycles. The van der Waals surface area contributed by atoms with E-state index in [1.54, 1.807) is 0 Å². The van der Waals surface area contributed by atoms with E-state index in [2.05, 4.69) is 14.9 Å². The third-order valence-corrected chi connectivity index (χ3v) is 3.52. The lowest BCUT2D eigenvalue weighted by atomic mass is 10.3. The summed E-state index contributed by atoms with van der Waals surface area (Å²) in [6, 6.07) is 0. The second-order valence-corrected chi connectivity index (χ2v) is 5.26. The highest BCUT2D eigenvalue weighted by Crippen LogP contribution is 2.35. The quantitative estimate of drug-likeness (QED) is 0.796. The van der Waals surface area contributed by atoms with Crippen molar-refractivity contribution in [2.45, 2.75) is 25.7 Å². The van der Waals surface area contributed by atoms with E-state index >= 15 is 0 Å². The van der Waals surface area contributed by atoms with Crippen molar-refractivity contribution in [3.63, 3.8) is 0 Å². The number of rotatable bonds is 5. The first kappa shape index (κ1) is 10.6. The maximum atomic E-state index is 11.5. The van der Waals surface area contributed by atoms with E-state index in [0.717, 1.165) is 24.9 Å². The Hall–Kier alpha value is -1.52. The number of nitrogens with one attached hydrogen (secondary N) is 1. The zero-order chi connectivity index (χ0) is 11.8. The Labute approximate surface area is 100 Å². The maximum absolute atomic E-state index is 11.5. The van der Waals surface area contributed by atoms with Crippen molar-refractivity contribution < 1.29 is 0 Å². The molecule has 0 amide bonds. The van der Waals surface area contributed by atoms with Crippen molar-refractivity contribution in [2.24, 2.45) is 11.8 Å². The topological polar surface area (TPSA) is 75.0 Å². The Kier molecular flexibility index (Phi) is 2.53. The minimum atomic E-state index is -0.230. The average molecular weight is 234 g/mol. The van der Waals surface area contributed by atoms with Crippen LogP contribution < -0.4 is 16.2 Å². The zero-order valence-electron chi connectivity index (χ0n) is 9.85. The average Bonchev–Trinajstić information content (AvgIpc) is 3.16. The number of nitrogens with two attached hydrogens (primary N) is 1. The van der Waals surface area contributed by atoms with Crippen LogP contribution in [0, 0.1) is 11.8 Å². The van der Waals surface area contributed by atoms with E-state index in [1.165, 1.54) is 32.0 Å². The van der Waals surface area contributed by atoms with E-state index in [9.17, 15) is 4.79 Å². The molecular formula is C12H18N4O. The molecule has 1 aromatic heterocycles. The summed E-state index contributed by atoms with van der Waals surface area (Å²) in [5.74, 6) is 2.22. The standard InChI is InChI=1S/C12H18N4O/c13-10-11(14-7-15-12(10)17)16(5-8-1-2-8)6-9-3-4-9/h7-9H,1-6,13H2,(H,14,15,17). The molecule has 0 aliphatic heterocycles. The molecule has 0 bridgehead atoms. The molecule has 3 N–H and O–H groups in total. The molecule has 5 nitrogen and oxygen atoms in total. The first-order valence-corrected chi connectivity index (χ1v) is 6.32. The van der Waals surface area contributed by atoms with Gasteiger partial charge in [-0.05, 0) is 37.5 Å². The minimum absolute atomic E-state index is 0.230. The van der Waals surface area contributed by atoms with E-state index in [4.69, 9.17) is 5.73 Å². The molecule has 1 heterocycles. The van der Waals surface area contributed by atoms with Crippen LogP contribution >= 0.6 is 0 Å². The van der Waals surface area contributed by atoms with E-state index < -0.39 is 0 Å². The molecule has 17 heavy (non-hydrogen) atoms. The molecule has 2 aliphatic carbocycles. The van der Waals surface area contributed by atoms with Crippen LogP contribution in [0.4, 0.5) is 11.5 Å². The van der Waals surface area contributed by atoms with Crippen LogP contribution in [-0.2, 0) is 0 Å². The monoisotopic (exact) mass is 234 g/mol.